The molecule has 0 radical (unpaired) electrons. The highest BCUT2D eigenvalue weighted by atomic mass is 32.2. The number of phenols is 1. The van der Waals surface area contributed by atoms with Crippen molar-refractivity contribution in [3.63, 3.8) is 0 Å². The van der Waals surface area contributed by atoms with Crippen molar-refractivity contribution in [2.75, 3.05) is 16.2 Å². The van der Waals surface area contributed by atoms with Crippen molar-refractivity contribution in [2.45, 2.75) is 25.3 Å². The van der Waals surface area contributed by atoms with Crippen molar-refractivity contribution >= 4 is 67.0 Å². The number of imide groups is 1. The summed E-state index contributed by atoms with van der Waals surface area (Å²) in [4.78, 5) is 62.0. The molecule has 3 heterocycles. The third-order valence-corrected chi connectivity index (χ3v) is 10.00. The van der Waals surface area contributed by atoms with Crippen LogP contribution < -0.4 is 25.4 Å². The van der Waals surface area contributed by atoms with Crippen LogP contribution in [0.15, 0.2) is 71.5 Å². The SMILES string of the molecule is Cn1c(=O)n(C2CCC(=O)NC2=O)c2ccc(-c3cccc(CC(=O)Nc4ccc5c(F)c(N6CC(=O)NS6(=O)=O)c(O)cc5c4)c3)cc21. The molecule has 7 rings (SSSR count). The lowest BCUT2D eigenvalue weighted by Crippen LogP contribution is -2.44. The minimum absolute atomic E-state index is 0.0229. The van der Waals surface area contributed by atoms with Gasteiger partial charge in [0.25, 0.3) is 5.91 Å². The first-order valence-electron chi connectivity index (χ1n) is 15.0. The molecule has 0 spiro atoms. The first kappa shape index (κ1) is 31.6. The molecule has 1 atom stereocenters. The topological polar surface area (TPSA) is 189 Å². The number of nitrogens with one attached hydrogen (secondary N) is 3. The largest absolute Gasteiger partial charge is 0.506 e. The van der Waals surface area contributed by atoms with Gasteiger partial charge in [-0.15, -0.1) is 0 Å². The number of imidazole rings is 1. The molecule has 0 aliphatic carbocycles. The van der Waals surface area contributed by atoms with Crippen LogP contribution in [0.2, 0.25) is 0 Å². The number of phenolic OH excluding ortho intramolecular Hbond substituents is 1. The number of rotatable bonds is 6. The summed E-state index contributed by atoms with van der Waals surface area (Å²) in [5, 5.41) is 15.7. The van der Waals surface area contributed by atoms with Gasteiger partial charge >= 0.3 is 15.9 Å². The number of piperidine rings is 1. The summed E-state index contributed by atoms with van der Waals surface area (Å²) in [5.41, 5.74) is 2.62. The fourth-order valence-corrected chi connectivity index (χ4v) is 7.49. The lowest BCUT2D eigenvalue weighted by molar-refractivity contribution is -0.135. The number of hydrogen-bond acceptors (Lipinski definition) is 8. The van der Waals surface area contributed by atoms with Crippen molar-refractivity contribution in [1.82, 2.24) is 19.2 Å². The Morgan fingerprint density at radius 1 is 0.980 bits per heavy atom. The summed E-state index contributed by atoms with van der Waals surface area (Å²) < 4.78 is 44.9. The van der Waals surface area contributed by atoms with E-state index in [0.717, 1.165) is 17.2 Å². The molecule has 2 aliphatic rings. The molecule has 250 valence electrons. The quantitative estimate of drug-likeness (QED) is 0.196. The van der Waals surface area contributed by atoms with Gasteiger partial charge in [0.15, 0.2) is 5.82 Å². The number of aryl methyl sites for hydroxylation is 1. The van der Waals surface area contributed by atoms with Gasteiger partial charge in [-0.1, -0.05) is 30.3 Å². The van der Waals surface area contributed by atoms with Crippen LogP contribution in [0.3, 0.4) is 0 Å². The number of halogens is 1. The Kier molecular flexibility index (Phi) is 7.46. The van der Waals surface area contributed by atoms with Gasteiger partial charge in [-0.05, 0) is 64.9 Å². The molecule has 2 fully saturated rings. The average molecular weight is 687 g/mol. The number of hydrogen-bond donors (Lipinski definition) is 4. The number of aromatic hydroxyl groups is 1. The van der Waals surface area contributed by atoms with Crippen LogP contribution in [-0.4, -0.2) is 52.8 Å². The predicted octanol–water partition coefficient (Wildman–Crippen LogP) is 2.34. The number of amides is 4. The minimum atomic E-state index is -4.36. The summed E-state index contributed by atoms with van der Waals surface area (Å²) >= 11 is 0. The molecule has 1 unspecified atom stereocenters. The molecule has 14 nitrogen and oxygen atoms in total. The Bertz CT molecular complexity index is 2460. The van der Waals surface area contributed by atoms with Gasteiger partial charge in [-0.25, -0.2) is 18.2 Å². The van der Waals surface area contributed by atoms with Crippen molar-refractivity contribution in [3.8, 4) is 16.9 Å². The molecule has 16 heteroatoms. The lowest BCUT2D eigenvalue weighted by atomic mass is 10.0. The molecule has 0 saturated carbocycles. The maximum atomic E-state index is 15.4. The van der Waals surface area contributed by atoms with Gasteiger partial charge < -0.3 is 10.4 Å². The average Bonchev–Trinajstić information content (AvgIpc) is 3.45. The monoisotopic (exact) mass is 686 g/mol. The number of benzene rings is 4. The third kappa shape index (κ3) is 5.54. The van der Waals surface area contributed by atoms with Gasteiger partial charge in [-0.2, -0.15) is 8.42 Å². The van der Waals surface area contributed by atoms with Crippen LogP contribution in [0, 0.1) is 5.82 Å². The van der Waals surface area contributed by atoms with Gasteiger partial charge in [-0.3, -0.25) is 33.6 Å². The molecule has 4 aromatic carbocycles. The van der Waals surface area contributed by atoms with E-state index in [1.807, 2.05) is 24.3 Å². The van der Waals surface area contributed by atoms with Crippen molar-refractivity contribution < 1.29 is 37.1 Å². The Morgan fingerprint density at radius 2 is 1.76 bits per heavy atom. The fraction of sp³-hybridized carbons (Fsp3) is 0.182. The van der Waals surface area contributed by atoms with E-state index < -0.39 is 51.9 Å². The van der Waals surface area contributed by atoms with Gasteiger partial charge in [0, 0.05) is 24.5 Å². The van der Waals surface area contributed by atoms with Crippen LogP contribution in [0.4, 0.5) is 15.8 Å². The molecule has 49 heavy (non-hydrogen) atoms. The lowest BCUT2D eigenvalue weighted by Gasteiger charge is -2.21. The standard InChI is InChI=1S/C33H27FN6O8S/c1-38-25-14-19(5-8-23(25)40(33(38)46)24-9-10-27(42)36-32(24)45)18-4-2-3-17(11-18)12-28(43)35-21-6-7-22-20(13-21)15-26(41)31(30(22)34)39-16-29(44)37-49(39,47)48/h2-8,11,13-15,24,41H,9-10,12,16H2,1H3,(H,35,43)(H,37,44)(H,36,42,45). The molecular weight excluding hydrogens is 659 g/mol. The first-order valence-corrected chi connectivity index (χ1v) is 16.5. The van der Waals surface area contributed by atoms with Crippen LogP contribution in [0.5, 0.6) is 5.75 Å². The van der Waals surface area contributed by atoms with Crippen molar-refractivity contribution in [2.24, 2.45) is 7.05 Å². The van der Waals surface area contributed by atoms with Gasteiger partial charge in [0.2, 0.25) is 17.7 Å². The molecule has 5 aromatic rings. The van der Waals surface area contributed by atoms with Crippen molar-refractivity contribution in [1.29, 1.82) is 0 Å². The summed E-state index contributed by atoms with van der Waals surface area (Å²) in [6.45, 7) is -0.681. The van der Waals surface area contributed by atoms with E-state index in [1.54, 1.807) is 30.0 Å². The smallest absolute Gasteiger partial charge is 0.329 e. The van der Waals surface area contributed by atoms with E-state index in [1.165, 1.54) is 27.3 Å². The zero-order valence-electron chi connectivity index (χ0n) is 25.7. The molecular formula is C33H27FN6O8S. The van der Waals surface area contributed by atoms with Crippen LogP contribution in [-0.2, 0) is 42.9 Å². The maximum absolute atomic E-state index is 15.4. The highest BCUT2D eigenvalue weighted by Crippen LogP contribution is 2.39. The highest BCUT2D eigenvalue weighted by molar-refractivity contribution is 7.92. The summed E-state index contributed by atoms with van der Waals surface area (Å²) in [6, 6.07) is 17.2. The van der Waals surface area contributed by atoms with Gasteiger partial charge in [0.1, 0.15) is 24.0 Å². The highest BCUT2D eigenvalue weighted by Gasteiger charge is 2.38. The van der Waals surface area contributed by atoms with Gasteiger partial charge in [0.05, 0.1) is 17.5 Å². The Hall–Kier alpha value is -6.03. The number of fused-ring (bicyclic) bond motifs is 2. The van der Waals surface area contributed by atoms with E-state index in [-0.39, 0.29) is 47.5 Å². The number of nitrogens with zero attached hydrogens (tertiary/aromatic N) is 3. The van der Waals surface area contributed by atoms with E-state index in [9.17, 15) is 37.5 Å². The molecule has 2 saturated heterocycles. The second kappa shape index (κ2) is 11.6. The zero-order chi connectivity index (χ0) is 34.8. The van der Waals surface area contributed by atoms with E-state index >= 15 is 4.39 Å². The molecule has 1 aromatic heterocycles. The van der Waals surface area contributed by atoms with Crippen LogP contribution in [0.1, 0.15) is 24.4 Å². The Morgan fingerprint density at radius 3 is 2.49 bits per heavy atom. The number of carbonyl (C=O) groups excluding carboxylic acids is 4. The second-order valence-corrected chi connectivity index (χ2v) is 13.4. The molecule has 0 bridgehead atoms. The number of carbonyl (C=O) groups is 4. The number of anilines is 2. The van der Waals surface area contributed by atoms with E-state index in [2.05, 4.69) is 10.6 Å². The third-order valence-electron chi connectivity index (χ3n) is 8.62. The van der Waals surface area contributed by atoms with E-state index in [4.69, 9.17) is 0 Å². The summed E-state index contributed by atoms with van der Waals surface area (Å²) in [6.07, 6.45) is 0.336. The Labute approximate surface area is 276 Å². The molecule has 4 N–H and O–H groups in total. The van der Waals surface area contributed by atoms with Crippen LogP contribution in [0.25, 0.3) is 32.9 Å². The van der Waals surface area contributed by atoms with Crippen LogP contribution >= 0.6 is 0 Å². The number of aromatic nitrogens is 2. The normalized spacial score (nSPS) is 17.4. The minimum Gasteiger partial charge on any atom is -0.506 e. The molecule has 4 amide bonds. The maximum Gasteiger partial charge on any atom is 0.329 e. The second-order valence-electron chi connectivity index (χ2n) is 11.8. The fourth-order valence-electron chi connectivity index (χ4n) is 6.32. The summed E-state index contributed by atoms with van der Waals surface area (Å²) in [5.74, 6) is -3.88. The predicted molar refractivity (Wildman–Crippen MR) is 176 cm³/mol. The van der Waals surface area contributed by atoms with Crippen molar-refractivity contribution in [3.05, 3.63) is 88.6 Å². The van der Waals surface area contributed by atoms with E-state index in [0.29, 0.717) is 26.6 Å². The Balaban J connectivity index is 1.10. The zero-order valence-corrected chi connectivity index (χ0v) is 26.5. The summed E-state index contributed by atoms with van der Waals surface area (Å²) in [7, 11) is -2.75. The molecule has 2 aliphatic heterocycles. The first-order chi connectivity index (χ1) is 23.3.